The van der Waals surface area contributed by atoms with Crippen LogP contribution in [0.2, 0.25) is 0 Å². The predicted molar refractivity (Wildman–Crippen MR) is 31.6 cm³/mol. The Morgan fingerprint density at radius 1 is 1.67 bits per heavy atom. The molecule has 0 aliphatic rings. The molecule has 4 heteroatoms. The van der Waals surface area contributed by atoms with Crippen LogP contribution in [0.4, 0.5) is 0 Å². The van der Waals surface area contributed by atoms with E-state index in [0.29, 0.717) is 0 Å². The van der Waals surface area contributed by atoms with E-state index < -0.39 is 5.97 Å². The van der Waals surface area contributed by atoms with Crippen LogP contribution in [-0.2, 0) is 4.79 Å². The lowest BCUT2D eigenvalue weighted by molar-refractivity contribution is -0.379. The molecule has 0 saturated carbocycles. The zero-order valence-electron chi connectivity index (χ0n) is 5.72. The molecule has 0 rings (SSSR count). The van der Waals surface area contributed by atoms with E-state index in [9.17, 15) is 9.90 Å². The van der Waals surface area contributed by atoms with Crippen molar-refractivity contribution in [2.45, 2.75) is 26.2 Å². The van der Waals surface area contributed by atoms with Gasteiger partial charge in [0.2, 0.25) is 0 Å². The molecule has 0 aliphatic carbocycles. The number of nitrogens with two attached hydrogens (primary N) is 1. The summed E-state index contributed by atoms with van der Waals surface area (Å²) in [7, 11) is 0. The van der Waals surface area contributed by atoms with Crippen molar-refractivity contribution in [2.75, 3.05) is 0 Å². The average molecular weight is 134 g/mol. The van der Waals surface area contributed by atoms with Crippen LogP contribution in [0.3, 0.4) is 0 Å². The first kappa shape index (κ1) is 11.2. The van der Waals surface area contributed by atoms with Crippen molar-refractivity contribution in [3.63, 3.8) is 0 Å². The molecule has 0 fully saturated rings. The molecular formula is C5H14N2O2. The van der Waals surface area contributed by atoms with E-state index >= 15 is 0 Å². The lowest BCUT2D eigenvalue weighted by Gasteiger charge is -1.95. The molecule has 0 bridgehead atoms. The molecule has 0 aromatic carbocycles. The fourth-order valence-electron chi connectivity index (χ4n) is 0.321. The summed E-state index contributed by atoms with van der Waals surface area (Å²) in [4.78, 5) is 9.65. The molecule has 0 radical (unpaired) electrons. The number of rotatable bonds is 3. The molecule has 0 saturated heterocycles. The third kappa shape index (κ3) is 18.7. The Morgan fingerprint density at radius 3 is 2.22 bits per heavy atom. The standard InChI is InChI=1S/C5H10O2.H4N2/c1-2-3-4-5(6)7;1-2/h2-4H2,1H3,(H,6,7);1-2H2. The van der Waals surface area contributed by atoms with Gasteiger partial charge in [-0.05, 0) is 12.8 Å². The van der Waals surface area contributed by atoms with Crippen molar-refractivity contribution in [3.8, 4) is 0 Å². The SMILES string of the molecule is CCCCC(=O)[O-].N[NH3+]. The van der Waals surface area contributed by atoms with Crippen molar-refractivity contribution < 1.29 is 15.7 Å². The van der Waals surface area contributed by atoms with Crippen LogP contribution in [0.5, 0.6) is 0 Å². The zero-order valence-corrected chi connectivity index (χ0v) is 5.72. The second kappa shape index (κ2) is 10.4. The molecule has 56 valence electrons. The molecule has 0 heterocycles. The third-order valence-electron chi connectivity index (χ3n) is 0.734. The van der Waals surface area contributed by atoms with Gasteiger partial charge in [-0.1, -0.05) is 13.3 Å². The van der Waals surface area contributed by atoms with E-state index in [-0.39, 0.29) is 6.42 Å². The second-order valence-electron chi connectivity index (χ2n) is 1.48. The number of unbranched alkanes of at least 4 members (excludes halogenated alkanes) is 1. The van der Waals surface area contributed by atoms with Gasteiger partial charge in [-0.15, -0.1) is 0 Å². The summed E-state index contributed by atoms with van der Waals surface area (Å²) in [5, 5.41) is 9.65. The van der Waals surface area contributed by atoms with Crippen LogP contribution in [0, 0.1) is 0 Å². The Labute approximate surface area is 54.8 Å². The van der Waals surface area contributed by atoms with Gasteiger partial charge in [0.25, 0.3) is 0 Å². The smallest absolute Gasteiger partial charge is 0.0414 e. The van der Waals surface area contributed by atoms with Crippen LogP contribution in [-0.4, -0.2) is 5.97 Å². The predicted octanol–water partition coefficient (Wildman–Crippen LogP) is -1.97. The second-order valence-corrected chi connectivity index (χ2v) is 1.48. The monoisotopic (exact) mass is 134 g/mol. The number of carbonyl (C=O) groups is 1. The van der Waals surface area contributed by atoms with Gasteiger partial charge >= 0.3 is 0 Å². The number of hydrogen-bond donors (Lipinski definition) is 2. The van der Waals surface area contributed by atoms with Crippen molar-refractivity contribution in [3.05, 3.63) is 0 Å². The first-order chi connectivity index (χ1) is 4.27. The van der Waals surface area contributed by atoms with Gasteiger partial charge in [-0.2, -0.15) is 5.84 Å². The highest BCUT2D eigenvalue weighted by Crippen LogP contribution is 1.89. The molecule has 0 aromatic rings. The Morgan fingerprint density at radius 2 is 2.11 bits per heavy atom. The number of quaternary nitrogens is 1. The van der Waals surface area contributed by atoms with Gasteiger partial charge in [0.05, 0.1) is 0 Å². The zero-order chi connectivity index (χ0) is 7.70. The number of carboxylic acid groups (broad SMARTS) is 1. The molecule has 0 spiro atoms. The Kier molecular flexibility index (Phi) is 13.0. The number of aliphatic carboxylic acids is 1. The molecule has 0 aliphatic heterocycles. The quantitative estimate of drug-likeness (QED) is 0.346. The Bertz CT molecular complexity index is 66.0. The number of carboxylic acids is 1. The lowest BCUT2D eigenvalue weighted by Crippen LogP contribution is -2.59. The Balaban J connectivity index is 0. The minimum absolute atomic E-state index is 0.205. The van der Waals surface area contributed by atoms with Gasteiger partial charge in [0, 0.05) is 5.97 Å². The molecule has 0 atom stereocenters. The largest absolute Gasteiger partial charge is 0.550 e. The maximum Gasteiger partial charge on any atom is 0.0414 e. The number of hydrogen-bond acceptors (Lipinski definition) is 3. The summed E-state index contributed by atoms with van der Waals surface area (Å²) >= 11 is 0. The highest BCUT2D eigenvalue weighted by atomic mass is 16.4. The summed E-state index contributed by atoms with van der Waals surface area (Å²) < 4.78 is 0. The fraction of sp³-hybridized carbons (Fsp3) is 0.800. The summed E-state index contributed by atoms with van der Waals surface area (Å²) in [6, 6.07) is 0. The molecule has 0 aromatic heterocycles. The van der Waals surface area contributed by atoms with Gasteiger partial charge in [-0.3, -0.25) is 5.84 Å². The molecule has 5 N–H and O–H groups in total. The van der Waals surface area contributed by atoms with Crippen LogP contribution >= 0.6 is 0 Å². The van der Waals surface area contributed by atoms with Crippen LogP contribution in [0.1, 0.15) is 26.2 Å². The molecular weight excluding hydrogens is 120 g/mol. The lowest BCUT2D eigenvalue weighted by atomic mass is 10.3. The van der Waals surface area contributed by atoms with E-state index in [0.717, 1.165) is 12.8 Å². The Hall–Kier alpha value is -0.610. The van der Waals surface area contributed by atoms with Crippen molar-refractivity contribution >= 4 is 5.97 Å². The number of carbonyl (C=O) groups excluding carboxylic acids is 1. The highest BCUT2D eigenvalue weighted by molar-refractivity contribution is 5.63. The van der Waals surface area contributed by atoms with E-state index in [1.54, 1.807) is 0 Å². The average Bonchev–Trinajstić information content (AvgIpc) is 1.88. The third-order valence-corrected chi connectivity index (χ3v) is 0.734. The summed E-state index contributed by atoms with van der Waals surface area (Å²) in [5.41, 5.74) is 0. The first-order valence-corrected chi connectivity index (χ1v) is 2.88. The van der Waals surface area contributed by atoms with E-state index in [1.807, 2.05) is 6.92 Å². The maximum absolute atomic E-state index is 9.65. The topological polar surface area (TPSA) is 93.8 Å². The molecule has 4 nitrogen and oxygen atoms in total. The minimum Gasteiger partial charge on any atom is -0.550 e. The molecule has 0 amide bonds. The van der Waals surface area contributed by atoms with E-state index in [1.165, 1.54) is 0 Å². The van der Waals surface area contributed by atoms with Gasteiger partial charge < -0.3 is 9.90 Å². The fourth-order valence-corrected chi connectivity index (χ4v) is 0.321. The van der Waals surface area contributed by atoms with Crippen molar-refractivity contribution in [1.29, 1.82) is 0 Å². The van der Waals surface area contributed by atoms with E-state index in [2.05, 4.69) is 11.7 Å². The van der Waals surface area contributed by atoms with Crippen molar-refractivity contribution in [1.82, 2.24) is 0 Å². The van der Waals surface area contributed by atoms with E-state index in [4.69, 9.17) is 0 Å². The van der Waals surface area contributed by atoms with Gasteiger partial charge in [0.15, 0.2) is 0 Å². The first-order valence-electron chi connectivity index (χ1n) is 2.88. The van der Waals surface area contributed by atoms with Gasteiger partial charge in [0.1, 0.15) is 0 Å². The summed E-state index contributed by atoms with van der Waals surface area (Å²) in [6.07, 6.45) is 1.87. The molecule has 0 unspecified atom stereocenters. The summed E-state index contributed by atoms with van der Waals surface area (Å²) in [5.74, 6) is 6.06. The van der Waals surface area contributed by atoms with Crippen molar-refractivity contribution in [2.24, 2.45) is 5.84 Å². The van der Waals surface area contributed by atoms with Gasteiger partial charge in [-0.25, -0.2) is 0 Å². The highest BCUT2D eigenvalue weighted by Gasteiger charge is 1.80. The maximum atomic E-state index is 9.65. The van der Waals surface area contributed by atoms with Crippen LogP contribution < -0.4 is 16.8 Å². The minimum atomic E-state index is -0.943. The summed E-state index contributed by atoms with van der Waals surface area (Å²) in [6.45, 7) is 1.95. The normalized spacial score (nSPS) is 7.44. The van der Waals surface area contributed by atoms with Crippen LogP contribution in [0.15, 0.2) is 0 Å². The van der Waals surface area contributed by atoms with Crippen LogP contribution in [0.25, 0.3) is 0 Å². The molecule has 9 heavy (non-hydrogen) atoms.